The zero-order chi connectivity index (χ0) is 15.9. The van der Waals surface area contributed by atoms with Gasteiger partial charge in [-0.1, -0.05) is 28.8 Å². The predicted molar refractivity (Wildman–Crippen MR) is 82.7 cm³/mol. The molecule has 1 aromatic carbocycles. The number of benzene rings is 1. The van der Waals surface area contributed by atoms with Crippen molar-refractivity contribution in [2.75, 3.05) is 12.4 Å². The summed E-state index contributed by atoms with van der Waals surface area (Å²) < 4.78 is 27.5. The van der Waals surface area contributed by atoms with Crippen LogP contribution in [0.4, 0.5) is 5.69 Å². The van der Waals surface area contributed by atoms with Crippen LogP contribution in [0.25, 0.3) is 0 Å². The van der Waals surface area contributed by atoms with Gasteiger partial charge in [-0.2, -0.15) is 0 Å². The molecule has 0 heterocycles. The van der Waals surface area contributed by atoms with E-state index in [-0.39, 0.29) is 11.4 Å². The molecule has 0 saturated heterocycles. The van der Waals surface area contributed by atoms with E-state index in [9.17, 15) is 18.5 Å². The maximum atomic E-state index is 10.7. The Morgan fingerprint density at radius 1 is 1.19 bits per heavy atom. The number of halogens is 1. The van der Waals surface area contributed by atoms with E-state index in [1.807, 2.05) is 0 Å². The van der Waals surface area contributed by atoms with Crippen LogP contribution in [0.3, 0.4) is 0 Å². The minimum absolute atomic E-state index is 0.00825. The van der Waals surface area contributed by atoms with Gasteiger partial charge in [0.15, 0.2) is 0 Å². The van der Waals surface area contributed by atoms with Gasteiger partial charge in [0.1, 0.15) is 5.75 Å². The second kappa shape index (κ2) is 8.30. The number of rotatable bonds is 9. The maximum absolute atomic E-state index is 10.7. The molecule has 7 nitrogen and oxygen atoms in total. The first-order valence-corrected chi connectivity index (χ1v) is 8.87. The second-order valence-electron chi connectivity index (χ2n) is 4.53. The molecule has 0 unspecified atom stereocenters. The molecule has 0 saturated carbocycles. The molecule has 1 aromatic rings. The molecule has 118 valence electrons. The molecule has 0 amide bonds. The third-order valence-corrected chi connectivity index (χ3v) is 3.97. The topological polar surface area (TPSA) is 113 Å². The van der Waals surface area contributed by atoms with Crippen LogP contribution in [0.2, 0.25) is 0 Å². The number of nitrogens with two attached hydrogens (primary N) is 1. The van der Waals surface area contributed by atoms with Crippen molar-refractivity contribution in [2.45, 2.75) is 25.7 Å². The molecular weight excluding hydrogens is 364 g/mol. The van der Waals surface area contributed by atoms with Crippen molar-refractivity contribution in [2.24, 2.45) is 5.14 Å². The number of ether oxygens (including phenoxy) is 1. The smallest absolute Gasteiger partial charge is 0.274 e. The minimum Gasteiger partial charge on any atom is -0.493 e. The first-order valence-electron chi connectivity index (χ1n) is 6.36. The quantitative estimate of drug-likeness (QED) is 0.401. The van der Waals surface area contributed by atoms with Gasteiger partial charge in [-0.25, -0.2) is 13.6 Å². The fraction of sp³-hybridized carbons (Fsp3) is 0.500. The highest BCUT2D eigenvalue weighted by molar-refractivity contribution is 9.10. The lowest BCUT2D eigenvalue weighted by molar-refractivity contribution is -0.385. The van der Waals surface area contributed by atoms with Crippen LogP contribution in [-0.4, -0.2) is 25.7 Å². The zero-order valence-electron chi connectivity index (χ0n) is 11.3. The average Bonchev–Trinajstić information content (AvgIpc) is 2.35. The fourth-order valence-electron chi connectivity index (χ4n) is 1.69. The van der Waals surface area contributed by atoms with Crippen LogP contribution in [0, 0.1) is 10.1 Å². The van der Waals surface area contributed by atoms with Gasteiger partial charge in [0, 0.05) is 10.5 Å². The Hall–Kier alpha value is -1.19. The van der Waals surface area contributed by atoms with E-state index in [0.717, 1.165) is 19.3 Å². The van der Waals surface area contributed by atoms with Gasteiger partial charge in [-0.05, 0) is 18.9 Å². The van der Waals surface area contributed by atoms with Gasteiger partial charge in [0.2, 0.25) is 10.0 Å². The summed E-state index contributed by atoms with van der Waals surface area (Å²) >= 11 is 3.19. The SMILES string of the molecule is NS(=O)(=O)CCCCCCOc1cc(Br)cc([N+](=O)[O-])c1. The van der Waals surface area contributed by atoms with E-state index in [0.29, 0.717) is 23.2 Å². The highest BCUT2D eigenvalue weighted by atomic mass is 79.9. The van der Waals surface area contributed by atoms with Crippen molar-refractivity contribution in [3.8, 4) is 5.75 Å². The van der Waals surface area contributed by atoms with Gasteiger partial charge < -0.3 is 4.74 Å². The summed E-state index contributed by atoms with van der Waals surface area (Å²) in [4.78, 5) is 10.2. The van der Waals surface area contributed by atoms with E-state index in [2.05, 4.69) is 15.9 Å². The van der Waals surface area contributed by atoms with Crippen molar-refractivity contribution in [1.29, 1.82) is 0 Å². The minimum atomic E-state index is -3.38. The molecule has 1 rings (SSSR count). The lowest BCUT2D eigenvalue weighted by atomic mass is 10.2. The number of sulfonamides is 1. The van der Waals surface area contributed by atoms with Gasteiger partial charge in [-0.3, -0.25) is 10.1 Å². The Morgan fingerprint density at radius 2 is 1.86 bits per heavy atom. The van der Waals surface area contributed by atoms with Crippen LogP contribution in [0.5, 0.6) is 5.75 Å². The van der Waals surface area contributed by atoms with E-state index >= 15 is 0 Å². The molecule has 0 aliphatic heterocycles. The molecular formula is C12H17BrN2O5S. The van der Waals surface area contributed by atoms with Gasteiger partial charge in [0.25, 0.3) is 5.69 Å². The predicted octanol–water partition coefficient (Wildman–Crippen LogP) is 2.59. The zero-order valence-corrected chi connectivity index (χ0v) is 13.7. The Morgan fingerprint density at radius 3 is 2.48 bits per heavy atom. The molecule has 0 spiro atoms. The number of hydrogen-bond acceptors (Lipinski definition) is 5. The Balaban J connectivity index is 2.28. The number of nitro groups is 1. The first kappa shape index (κ1) is 17.9. The number of nitrogens with zero attached hydrogens (tertiary/aromatic N) is 1. The summed E-state index contributed by atoms with van der Waals surface area (Å²) in [7, 11) is -3.38. The van der Waals surface area contributed by atoms with Crippen LogP contribution in [0.1, 0.15) is 25.7 Å². The highest BCUT2D eigenvalue weighted by Crippen LogP contribution is 2.26. The number of non-ortho nitro benzene ring substituents is 1. The Bertz CT molecular complexity index is 591. The Kier molecular flexibility index (Phi) is 7.06. The largest absolute Gasteiger partial charge is 0.493 e. The molecule has 2 N–H and O–H groups in total. The summed E-state index contributed by atoms with van der Waals surface area (Å²) in [6, 6.07) is 4.43. The van der Waals surface area contributed by atoms with Gasteiger partial charge in [0.05, 0.1) is 23.3 Å². The maximum Gasteiger partial charge on any atom is 0.274 e. The third kappa shape index (κ3) is 7.98. The average molecular weight is 381 g/mol. The molecule has 0 fully saturated rings. The van der Waals surface area contributed by atoms with Crippen LogP contribution >= 0.6 is 15.9 Å². The second-order valence-corrected chi connectivity index (χ2v) is 7.18. The number of unbranched alkanes of at least 4 members (excludes halogenated alkanes) is 3. The summed E-state index contributed by atoms with van der Waals surface area (Å²) in [5, 5.41) is 15.6. The van der Waals surface area contributed by atoms with Crippen molar-refractivity contribution in [1.82, 2.24) is 0 Å². The molecule has 0 aromatic heterocycles. The van der Waals surface area contributed by atoms with Crippen molar-refractivity contribution in [3.63, 3.8) is 0 Å². The molecule has 0 aliphatic carbocycles. The fourth-order valence-corrected chi connectivity index (χ4v) is 2.75. The molecule has 0 aliphatic rings. The number of nitro benzene ring substituents is 1. The van der Waals surface area contributed by atoms with E-state index in [1.165, 1.54) is 12.1 Å². The van der Waals surface area contributed by atoms with Crippen LogP contribution in [0.15, 0.2) is 22.7 Å². The lowest BCUT2D eigenvalue weighted by Crippen LogP contribution is -2.16. The number of primary sulfonamides is 1. The summed E-state index contributed by atoms with van der Waals surface area (Å²) in [6.07, 6.45) is 2.83. The molecule has 0 bridgehead atoms. The van der Waals surface area contributed by atoms with Crippen LogP contribution in [-0.2, 0) is 10.0 Å². The third-order valence-electron chi connectivity index (χ3n) is 2.66. The Labute approximate surface area is 131 Å². The first-order chi connectivity index (χ1) is 9.78. The summed E-state index contributed by atoms with van der Waals surface area (Å²) in [5.41, 5.74) is -0.0347. The normalized spacial score (nSPS) is 11.3. The lowest BCUT2D eigenvalue weighted by Gasteiger charge is -2.06. The molecule has 0 atom stereocenters. The monoisotopic (exact) mass is 380 g/mol. The summed E-state index contributed by atoms with van der Waals surface area (Å²) in [6.45, 7) is 0.420. The van der Waals surface area contributed by atoms with Gasteiger partial charge in [-0.15, -0.1) is 0 Å². The van der Waals surface area contributed by atoms with E-state index in [4.69, 9.17) is 9.88 Å². The summed E-state index contributed by atoms with van der Waals surface area (Å²) in [5.74, 6) is 0.423. The van der Waals surface area contributed by atoms with E-state index < -0.39 is 14.9 Å². The highest BCUT2D eigenvalue weighted by Gasteiger charge is 2.09. The molecule has 0 radical (unpaired) electrons. The van der Waals surface area contributed by atoms with Crippen LogP contribution < -0.4 is 9.88 Å². The molecule has 9 heteroatoms. The van der Waals surface area contributed by atoms with Crippen molar-refractivity contribution in [3.05, 3.63) is 32.8 Å². The number of hydrogen-bond donors (Lipinski definition) is 1. The molecule has 21 heavy (non-hydrogen) atoms. The van der Waals surface area contributed by atoms with Crippen molar-refractivity contribution < 1.29 is 18.1 Å². The van der Waals surface area contributed by atoms with Crippen molar-refractivity contribution >= 4 is 31.6 Å². The van der Waals surface area contributed by atoms with Gasteiger partial charge >= 0.3 is 0 Å². The van der Waals surface area contributed by atoms with E-state index in [1.54, 1.807) is 6.07 Å². The standard InChI is InChI=1S/C12H17BrN2O5S/c13-10-7-11(15(16)17)9-12(8-10)20-5-3-1-2-4-6-21(14,18)19/h7-9H,1-6H2,(H2,14,18,19).